The Morgan fingerprint density at radius 2 is 2.50 bits per heavy atom. The molecule has 8 heavy (non-hydrogen) atoms. The summed E-state index contributed by atoms with van der Waals surface area (Å²) in [7, 11) is 0. The number of thioether (sulfide) groups is 1. The zero-order valence-corrected chi connectivity index (χ0v) is 5.06. The number of hydrogen-bond acceptors (Lipinski definition) is 3. The summed E-state index contributed by atoms with van der Waals surface area (Å²) in [4.78, 5) is 0. The van der Waals surface area contributed by atoms with Gasteiger partial charge < -0.3 is 0 Å². The molecule has 1 heterocycles. The van der Waals surface area contributed by atoms with Gasteiger partial charge in [0.25, 0.3) is 0 Å². The van der Waals surface area contributed by atoms with Gasteiger partial charge in [-0.25, -0.2) is 0 Å². The molecule has 0 saturated carbocycles. The number of nitrogens with zero attached hydrogens (tertiary/aromatic N) is 2. The van der Waals surface area contributed by atoms with Gasteiger partial charge in [-0.15, -0.1) is 16.9 Å². The normalized spacial score (nSPS) is 9.12. The van der Waals surface area contributed by atoms with Crippen LogP contribution in [0.3, 0.4) is 0 Å². The first-order valence-corrected chi connectivity index (χ1v) is 3.12. The lowest BCUT2D eigenvalue weighted by Crippen LogP contribution is -1.78. The zero-order chi connectivity index (χ0) is 5.82. The van der Waals surface area contributed by atoms with Gasteiger partial charge in [-0.3, -0.25) is 0 Å². The van der Waals surface area contributed by atoms with Crippen LogP contribution in [0.15, 0.2) is 23.4 Å². The van der Waals surface area contributed by atoms with Crippen LogP contribution in [0.5, 0.6) is 0 Å². The van der Waals surface area contributed by atoms with Crippen LogP contribution in [0.4, 0.5) is 0 Å². The van der Waals surface area contributed by atoms with Crippen molar-refractivity contribution in [2.24, 2.45) is 0 Å². The van der Waals surface area contributed by atoms with Crippen LogP contribution >= 0.6 is 11.8 Å². The molecule has 1 radical (unpaired) electrons. The first kappa shape index (κ1) is 5.56. The van der Waals surface area contributed by atoms with E-state index in [1.807, 2.05) is 12.1 Å². The minimum absolute atomic E-state index is 0.854. The highest BCUT2D eigenvalue weighted by Gasteiger charge is 1.83. The fraction of sp³-hybridized carbons (Fsp3) is 0. The third-order valence-electron chi connectivity index (χ3n) is 0.696. The second-order valence-corrected chi connectivity index (χ2v) is 1.91. The minimum atomic E-state index is 0.854. The van der Waals surface area contributed by atoms with Crippen LogP contribution in [0, 0.1) is 6.26 Å². The smallest absolute Gasteiger partial charge is 0.119 e. The Balaban J connectivity index is 2.83. The lowest BCUT2D eigenvalue weighted by atomic mass is 10.6. The summed E-state index contributed by atoms with van der Waals surface area (Å²) in [6, 6.07) is 3.70. The van der Waals surface area contributed by atoms with Crippen molar-refractivity contribution in [1.29, 1.82) is 0 Å². The van der Waals surface area contributed by atoms with E-state index in [1.54, 1.807) is 6.20 Å². The molecule has 3 heteroatoms. The SMILES string of the molecule is [CH2]Sc1cccnn1. The molecule has 0 spiro atoms. The van der Waals surface area contributed by atoms with E-state index in [9.17, 15) is 0 Å². The van der Waals surface area contributed by atoms with Crippen molar-refractivity contribution >= 4 is 11.8 Å². The molecule has 1 rings (SSSR count). The highest BCUT2D eigenvalue weighted by atomic mass is 32.2. The van der Waals surface area contributed by atoms with E-state index >= 15 is 0 Å². The van der Waals surface area contributed by atoms with Gasteiger partial charge in [-0.1, -0.05) is 0 Å². The fourth-order valence-electron chi connectivity index (χ4n) is 0.364. The van der Waals surface area contributed by atoms with Gasteiger partial charge in [0, 0.05) is 12.5 Å². The Morgan fingerprint density at radius 1 is 1.62 bits per heavy atom. The molecule has 0 unspecified atom stereocenters. The van der Waals surface area contributed by atoms with Crippen molar-refractivity contribution in [3.05, 3.63) is 24.6 Å². The van der Waals surface area contributed by atoms with Crippen molar-refractivity contribution in [2.45, 2.75) is 5.03 Å². The van der Waals surface area contributed by atoms with Crippen LogP contribution in [-0.2, 0) is 0 Å². The minimum Gasteiger partial charge on any atom is -0.158 e. The first-order valence-electron chi connectivity index (χ1n) is 2.13. The molecule has 0 amide bonds. The van der Waals surface area contributed by atoms with Crippen LogP contribution in [0.2, 0.25) is 0 Å². The summed E-state index contributed by atoms with van der Waals surface area (Å²) in [6.45, 7) is 0. The molecule has 0 aliphatic heterocycles. The molecule has 1 aromatic heterocycles. The summed E-state index contributed by atoms with van der Waals surface area (Å²) in [5, 5.41) is 8.25. The predicted molar refractivity (Wildman–Crippen MR) is 33.2 cm³/mol. The van der Waals surface area contributed by atoms with E-state index in [0.717, 1.165) is 5.03 Å². The quantitative estimate of drug-likeness (QED) is 0.530. The second kappa shape index (κ2) is 2.67. The zero-order valence-electron chi connectivity index (χ0n) is 4.24. The molecule has 0 aromatic carbocycles. The number of rotatable bonds is 1. The van der Waals surface area contributed by atoms with E-state index in [0.29, 0.717) is 0 Å². The third kappa shape index (κ3) is 1.20. The standard InChI is InChI=1S/C5H5N2S/c1-8-5-3-2-4-6-7-5/h2-4H,1H2. The molecular weight excluding hydrogens is 120 g/mol. The summed E-state index contributed by atoms with van der Waals surface area (Å²) < 4.78 is 0. The largest absolute Gasteiger partial charge is 0.158 e. The molecule has 0 aliphatic carbocycles. The maximum absolute atomic E-state index is 3.75. The molecule has 0 aliphatic rings. The summed E-state index contributed by atoms with van der Waals surface area (Å²) in [5.41, 5.74) is 0. The fourth-order valence-corrected chi connectivity index (χ4v) is 0.644. The third-order valence-corrected chi connectivity index (χ3v) is 1.21. The van der Waals surface area contributed by atoms with Crippen molar-refractivity contribution in [3.63, 3.8) is 0 Å². The number of aromatic nitrogens is 2. The molecule has 41 valence electrons. The Morgan fingerprint density at radius 3 is 2.88 bits per heavy atom. The van der Waals surface area contributed by atoms with Gasteiger partial charge in [0.2, 0.25) is 0 Å². The Kier molecular flexibility index (Phi) is 1.86. The number of hydrogen-bond donors (Lipinski definition) is 0. The summed E-state index contributed by atoms with van der Waals surface area (Å²) in [5.74, 6) is 0. The van der Waals surface area contributed by atoms with Gasteiger partial charge >= 0.3 is 0 Å². The van der Waals surface area contributed by atoms with Gasteiger partial charge in [0.1, 0.15) is 5.03 Å². The molecule has 0 fully saturated rings. The van der Waals surface area contributed by atoms with Gasteiger partial charge in [-0.05, 0) is 12.1 Å². The van der Waals surface area contributed by atoms with E-state index in [1.165, 1.54) is 11.8 Å². The van der Waals surface area contributed by atoms with Crippen LogP contribution < -0.4 is 0 Å². The van der Waals surface area contributed by atoms with Crippen molar-refractivity contribution < 1.29 is 0 Å². The molecule has 2 nitrogen and oxygen atoms in total. The van der Waals surface area contributed by atoms with Crippen LogP contribution in [0.25, 0.3) is 0 Å². The maximum Gasteiger partial charge on any atom is 0.119 e. The average Bonchev–Trinajstić information content (AvgIpc) is 1.90. The van der Waals surface area contributed by atoms with E-state index in [-0.39, 0.29) is 0 Å². The Labute approximate surface area is 52.3 Å². The first-order chi connectivity index (χ1) is 3.93. The lowest BCUT2D eigenvalue weighted by Gasteiger charge is -1.86. The average molecular weight is 125 g/mol. The van der Waals surface area contributed by atoms with Crippen molar-refractivity contribution in [2.75, 3.05) is 0 Å². The molecule has 0 N–H and O–H groups in total. The molecule has 0 bridgehead atoms. The lowest BCUT2D eigenvalue weighted by molar-refractivity contribution is 0.932. The molecule has 0 saturated heterocycles. The van der Waals surface area contributed by atoms with Gasteiger partial charge in [0.05, 0.1) is 0 Å². The highest BCUT2D eigenvalue weighted by Crippen LogP contribution is 2.08. The van der Waals surface area contributed by atoms with Crippen LogP contribution in [-0.4, -0.2) is 10.2 Å². The molecule has 0 atom stereocenters. The van der Waals surface area contributed by atoms with E-state index < -0.39 is 0 Å². The Bertz CT molecular complexity index is 152. The summed E-state index contributed by atoms with van der Waals surface area (Å²) in [6.07, 6.45) is 5.21. The topological polar surface area (TPSA) is 25.8 Å². The Hall–Kier alpha value is -0.570. The predicted octanol–water partition coefficient (Wildman–Crippen LogP) is 1.36. The van der Waals surface area contributed by atoms with E-state index in [4.69, 9.17) is 0 Å². The highest BCUT2D eigenvalue weighted by molar-refractivity contribution is 8.00. The van der Waals surface area contributed by atoms with Gasteiger partial charge in [-0.2, -0.15) is 5.10 Å². The van der Waals surface area contributed by atoms with Crippen molar-refractivity contribution in [1.82, 2.24) is 10.2 Å². The van der Waals surface area contributed by atoms with Crippen molar-refractivity contribution in [3.8, 4) is 0 Å². The summed E-state index contributed by atoms with van der Waals surface area (Å²) >= 11 is 1.35. The second-order valence-electron chi connectivity index (χ2n) is 1.21. The molecule has 1 aromatic rings. The maximum atomic E-state index is 3.75. The van der Waals surface area contributed by atoms with Gasteiger partial charge in [0.15, 0.2) is 0 Å². The van der Waals surface area contributed by atoms with Crippen LogP contribution in [0.1, 0.15) is 0 Å². The van der Waals surface area contributed by atoms with E-state index in [2.05, 4.69) is 16.5 Å². The molecular formula is C5H5N2S. The monoisotopic (exact) mass is 125 g/mol.